The third kappa shape index (κ3) is 5.26. The second-order valence-corrected chi connectivity index (χ2v) is 4.68. The van der Waals surface area contributed by atoms with Gasteiger partial charge in [-0.2, -0.15) is 0 Å². The molecule has 0 aliphatic rings. The Hall–Kier alpha value is -2.11. The molecule has 20 heavy (non-hydrogen) atoms. The second-order valence-electron chi connectivity index (χ2n) is 4.68. The lowest BCUT2D eigenvalue weighted by Crippen LogP contribution is -2.44. The first-order valence-corrected chi connectivity index (χ1v) is 6.30. The van der Waals surface area contributed by atoms with Crippen LogP contribution in [0.15, 0.2) is 24.3 Å². The zero-order chi connectivity index (χ0) is 15.1. The van der Waals surface area contributed by atoms with E-state index in [2.05, 4.69) is 5.32 Å². The van der Waals surface area contributed by atoms with Crippen molar-refractivity contribution in [3.05, 3.63) is 30.1 Å². The van der Waals surface area contributed by atoms with Crippen LogP contribution in [0.1, 0.15) is 20.3 Å². The molecule has 1 aromatic rings. The molecule has 0 spiro atoms. The maximum atomic E-state index is 12.7. The lowest BCUT2D eigenvalue weighted by Gasteiger charge is -2.17. The van der Waals surface area contributed by atoms with Gasteiger partial charge in [-0.15, -0.1) is 0 Å². The highest BCUT2D eigenvalue weighted by Gasteiger charge is 2.23. The van der Waals surface area contributed by atoms with Crippen molar-refractivity contribution in [1.82, 2.24) is 5.32 Å². The summed E-state index contributed by atoms with van der Waals surface area (Å²) in [6.45, 7) is 3.53. The third-order valence-corrected chi connectivity index (χ3v) is 2.66. The van der Waals surface area contributed by atoms with E-state index in [0.717, 1.165) is 0 Å². The maximum absolute atomic E-state index is 12.7. The summed E-state index contributed by atoms with van der Waals surface area (Å²) in [5, 5.41) is 11.4. The molecule has 0 aliphatic heterocycles. The van der Waals surface area contributed by atoms with Gasteiger partial charge in [0, 0.05) is 0 Å². The van der Waals surface area contributed by atoms with Gasteiger partial charge in [-0.05, 0) is 30.2 Å². The Bertz CT molecular complexity index is 459. The summed E-state index contributed by atoms with van der Waals surface area (Å²) in [6.07, 6.45) is 0.0356. The Morgan fingerprint density at radius 1 is 1.30 bits per heavy atom. The summed E-state index contributed by atoms with van der Waals surface area (Å²) < 4.78 is 17.9. The number of ether oxygens (including phenoxy) is 1. The van der Waals surface area contributed by atoms with E-state index in [4.69, 9.17) is 9.84 Å². The Morgan fingerprint density at radius 2 is 1.90 bits per heavy atom. The van der Waals surface area contributed by atoms with Crippen molar-refractivity contribution in [1.29, 1.82) is 0 Å². The van der Waals surface area contributed by atoms with Gasteiger partial charge in [-0.25, -0.2) is 9.18 Å². The molecule has 6 heteroatoms. The van der Waals surface area contributed by atoms with Crippen LogP contribution in [-0.4, -0.2) is 29.6 Å². The van der Waals surface area contributed by atoms with Crippen molar-refractivity contribution in [2.24, 2.45) is 5.92 Å². The van der Waals surface area contributed by atoms with Gasteiger partial charge >= 0.3 is 5.97 Å². The molecular weight excluding hydrogens is 265 g/mol. The minimum Gasteiger partial charge on any atom is -0.493 e. The van der Waals surface area contributed by atoms with E-state index in [9.17, 15) is 14.0 Å². The molecule has 0 saturated heterocycles. The van der Waals surface area contributed by atoms with Crippen molar-refractivity contribution in [2.75, 3.05) is 6.61 Å². The molecule has 110 valence electrons. The molecule has 1 rings (SSSR count). The van der Waals surface area contributed by atoms with Crippen molar-refractivity contribution >= 4 is 11.9 Å². The van der Waals surface area contributed by atoms with Crippen LogP contribution >= 0.6 is 0 Å². The molecule has 0 fully saturated rings. The number of carbonyl (C=O) groups is 2. The molecule has 0 bridgehead atoms. The quantitative estimate of drug-likeness (QED) is 0.800. The van der Waals surface area contributed by atoms with Crippen molar-refractivity contribution < 1.29 is 23.8 Å². The molecule has 0 aliphatic carbocycles. The molecule has 0 saturated carbocycles. The molecule has 5 nitrogen and oxygen atoms in total. The fraction of sp³-hybridized carbons (Fsp3) is 0.429. The maximum Gasteiger partial charge on any atom is 0.326 e. The predicted octanol–water partition coefficient (Wildman–Crippen LogP) is 1.82. The van der Waals surface area contributed by atoms with E-state index in [1.807, 2.05) is 0 Å². The minimum atomic E-state index is -1.06. The van der Waals surface area contributed by atoms with Gasteiger partial charge in [0.1, 0.15) is 17.6 Å². The molecule has 0 radical (unpaired) electrons. The van der Waals surface area contributed by atoms with Gasteiger partial charge < -0.3 is 15.2 Å². The average molecular weight is 283 g/mol. The highest BCUT2D eigenvalue weighted by Crippen LogP contribution is 2.11. The van der Waals surface area contributed by atoms with Gasteiger partial charge in [-0.1, -0.05) is 13.8 Å². The van der Waals surface area contributed by atoms with Gasteiger partial charge in [0.2, 0.25) is 5.91 Å². The highest BCUT2D eigenvalue weighted by molar-refractivity contribution is 5.83. The number of benzene rings is 1. The van der Waals surface area contributed by atoms with Gasteiger partial charge in [0.05, 0.1) is 13.0 Å². The monoisotopic (exact) mass is 283 g/mol. The van der Waals surface area contributed by atoms with Crippen molar-refractivity contribution in [3.8, 4) is 5.75 Å². The Labute approximate surface area is 116 Å². The fourth-order valence-corrected chi connectivity index (χ4v) is 1.55. The number of carbonyl (C=O) groups excluding carboxylic acids is 1. The lowest BCUT2D eigenvalue weighted by atomic mass is 10.0. The topological polar surface area (TPSA) is 75.6 Å². The first kappa shape index (κ1) is 15.9. The van der Waals surface area contributed by atoms with Crippen LogP contribution < -0.4 is 10.1 Å². The fourth-order valence-electron chi connectivity index (χ4n) is 1.55. The van der Waals surface area contributed by atoms with Crippen LogP contribution in [-0.2, 0) is 9.59 Å². The smallest absolute Gasteiger partial charge is 0.326 e. The molecule has 0 aromatic heterocycles. The van der Waals surface area contributed by atoms with E-state index < -0.39 is 17.9 Å². The van der Waals surface area contributed by atoms with Gasteiger partial charge in [-0.3, -0.25) is 4.79 Å². The number of nitrogens with one attached hydrogen (secondary N) is 1. The summed E-state index contributed by atoms with van der Waals surface area (Å²) in [5.74, 6) is -1.57. The van der Waals surface area contributed by atoms with Crippen LogP contribution in [0.2, 0.25) is 0 Å². The van der Waals surface area contributed by atoms with Crippen LogP contribution in [0.25, 0.3) is 0 Å². The molecule has 0 unspecified atom stereocenters. The predicted molar refractivity (Wildman–Crippen MR) is 70.9 cm³/mol. The minimum absolute atomic E-state index is 0.0356. The van der Waals surface area contributed by atoms with Crippen LogP contribution in [0.4, 0.5) is 4.39 Å². The second kappa shape index (κ2) is 7.47. The Morgan fingerprint density at radius 3 is 2.40 bits per heavy atom. The van der Waals surface area contributed by atoms with E-state index in [1.54, 1.807) is 13.8 Å². The first-order chi connectivity index (χ1) is 9.40. The summed E-state index contributed by atoms with van der Waals surface area (Å²) in [6, 6.07) is 4.53. The Kier molecular flexibility index (Phi) is 5.96. The van der Waals surface area contributed by atoms with E-state index in [1.165, 1.54) is 24.3 Å². The van der Waals surface area contributed by atoms with Gasteiger partial charge in [0.25, 0.3) is 0 Å². The average Bonchev–Trinajstić information content (AvgIpc) is 2.37. The number of aliphatic carboxylic acids is 1. The lowest BCUT2D eigenvalue weighted by molar-refractivity contribution is -0.143. The normalized spacial score (nSPS) is 12.0. The number of hydrogen-bond acceptors (Lipinski definition) is 3. The molecular formula is C14H18FNO4. The zero-order valence-corrected chi connectivity index (χ0v) is 11.4. The Balaban J connectivity index is 2.36. The standard InChI is InChI=1S/C14H18FNO4/c1-9(2)13(14(18)19)16-12(17)7-8-20-11-5-3-10(15)4-6-11/h3-6,9,13H,7-8H2,1-2H3,(H,16,17)(H,18,19)/t13-/m0/s1. The number of hydrogen-bond donors (Lipinski definition) is 2. The van der Waals surface area contributed by atoms with Crippen molar-refractivity contribution in [2.45, 2.75) is 26.3 Å². The van der Waals surface area contributed by atoms with Gasteiger partial charge in [0.15, 0.2) is 0 Å². The number of carboxylic acid groups (broad SMARTS) is 1. The first-order valence-electron chi connectivity index (χ1n) is 6.30. The number of amides is 1. The molecule has 1 aromatic carbocycles. The van der Waals surface area contributed by atoms with Crippen LogP contribution in [0, 0.1) is 11.7 Å². The van der Waals surface area contributed by atoms with E-state index in [-0.39, 0.29) is 24.8 Å². The molecule has 0 heterocycles. The molecule has 1 amide bonds. The third-order valence-electron chi connectivity index (χ3n) is 2.66. The van der Waals surface area contributed by atoms with E-state index in [0.29, 0.717) is 5.75 Å². The van der Waals surface area contributed by atoms with E-state index >= 15 is 0 Å². The SMILES string of the molecule is CC(C)[C@H](NC(=O)CCOc1ccc(F)cc1)C(=O)O. The summed E-state index contributed by atoms with van der Waals surface area (Å²) in [4.78, 5) is 22.5. The zero-order valence-electron chi connectivity index (χ0n) is 11.4. The molecule has 2 N–H and O–H groups in total. The van der Waals surface area contributed by atoms with Crippen molar-refractivity contribution in [3.63, 3.8) is 0 Å². The largest absolute Gasteiger partial charge is 0.493 e. The highest BCUT2D eigenvalue weighted by atomic mass is 19.1. The molecule has 1 atom stereocenters. The summed E-state index contributed by atoms with van der Waals surface area (Å²) >= 11 is 0. The summed E-state index contributed by atoms with van der Waals surface area (Å²) in [7, 11) is 0. The van der Waals surface area contributed by atoms with Crippen LogP contribution in [0.3, 0.4) is 0 Å². The number of rotatable bonds is 7. The number of halogens is 1. The number of carboxylic acids is 1. The van der Waals surface area contributed by atoms with Crippen LogP contribution in [0.5, 0.6) is 5.75 Å². The summed E-state index contributed by atoms with van der Waals surface area (Å²) in [5.41, 5.74) is 0.